The van der Waals surface area contributed by atoms with Gasteiger partial charge in [0.05, 0.1) is 13.4 Å². The molecule has 0 radical (unpaired) electrons. The fraction of sp³-hybridized carbons (Fsp3) is 0.0667. The first-order valence-corrected chi connectivity index (χ1v) is 6.03. The Hall–Kier alpha value is -3.02. The van der Waals surface area contributed by atoms with Crippen molar-refractivity contribution in [2.75, 3.05) is 7.11 Å². The number of hydrogen-bond donors (Lipinski definition) is 1. The van der Waals surface area contributed by atoms with E-state index in [0.717, 1.165) is 0 Å². The van der Waals surface area contributed by atoms with E-state index < -0.39 is 5.97 Å². The number of oxime groups is 1. The van der Waals surface area contributed by atoms with E-state index in [1.54, 1.807) is 36.4 Å². The molecule has 2 aromatic rings. The van der Waals surface area contributed by atoms with Crippen LogP contribution in [-0.4, -0.2) is 24.2 Å². The molecule has 6 nitrogen and oxygen atoms in total. The number of methoxy groups -OCH3 is 1. The maximum absolute atomic E-state index is 11.6. The number of rotatable bonds is 4. The van der Waals surface area contributed by atoms with Gasteiger partial charge in [0.2, 0.25) is 0 Å². The average Bonchev–Trinajstić information content (AvgIpc) is 3.04. The Morgan fingerprint density at radius 1 is 1.29 bits per heavy atom. The predicted octanol–water partition coefficient (Wildman–Crippen LogP) is 2.68. The topological polar surface area (TPSA) is 81.3 Å². The highest BCUT2D eigenvalue weighted by atomic mass is 16.6. The number of carbonyl (C=O) groups excluding carboxylic acids is 1. The summed E-state index contributed by atoms with van der Waals surface area (Å²) in [6, 6.07) is 9.92. The van der Waals surface area contributed by atoms with Crippen molar-refractivity contribution in [1.82, 2.24) is 0 Å². The molecule has 0 spiro atoms. The minimum Gasteiger partial charge on any atom is -0.497 e. The Balaban J connectivity index is 2.03. The normalized spacial score (nSPS) is 11.6. The molecule has 108 valence electrons. The van der Waals surface area contributed by atoms with E-state index in [2.05, 4.69) is 5.16 Å². The number of hydrogen-bond acceptors (Lipinski definition) is 6. The molecule has 1 aromatic carbocycles. The van der Waals surface area contributed by atoms with Gasteiger partial charge in [-0.25, -0.2) is 4.79 Å². The number of carbonyl (C=O) groups is 1. The molecule has 0 aliphatic carbocycles. The summed E-state index contributed by atoms with van der Waals surface area (Å²) < 4.78 is 15.0. The summed E-state index contributed by atoms with van der Waals surface area (Å²) in [5.74, 6) is 0.265. The van der Waals surface area contributed by atoms with Crippen molar-refractivity contribution in [3.8, 4) is 5.75 Å². The fourth-order valence-corrected chi connectivity index (χ4v) is 1.54. The van der Waals surface area contributed by atoms with Gasteiger partial charge in [0, 0.05) is 11.6 Å². The van der Waals surface area contributed by atoms with Crippen LogP contribution in [0, 0.1) is 0 Å². The third kappa shape index (κ3) is 3.97. The van der Waals surface area contributed by atoms with E-state index in [4.69, 9.17) is 19.1 Å². The van der Waals surface area contributed by atoms with Gasteiger partial charge in [-0.1, -0.05) is 0 Å². The zero-order valence-electron chi connectivity index (χ0n) is 11.2. The van der Waals surface area contributed by atoms with Crippen LogP contribution in [0.25, 0.3) is 6.08 Å². The first-order valence-electron chi connectivity index (χ1n) is 6.03. The van der Waals surface area contributed by atoms with Crippen molar-refractivity contribution in [2.24, 2.45) is 5.16 Å². The van der Waals surface area contributed by atoms with Gasteiger partial charge in [0.1, 0.15) is 11.5 Å². The highest BCUT2D eigenvalue weighted by Crippen LogP contribution is 2.13. The number of furan rings is 1. The van der Waals surface area contributed by atoms with Gasteiger partial charge in [0.15, 0.2) is 0 Å². The lowest BCUT2D eigenvalue weighted by molar-refractivity contribution is -0.130. The Labute approximate surface area is 120 Å². The minimum atomic E-state index is -0.685. The van der Waals surface area contributed by atoms with Crippen molar-refractivity contribution in [1.29, 1.82) is 0 Å². The average molecular weight is 287 g/mol. The first-order chi connectivity index (χ1) is 10.2. The van der Waals surface area contributed by atoms with Crippen LogP contribution in [0.5, 0.6) is 5.75 Å². The van der Waals surface area contributed by atoms with Crippen molar-refractivity contribution in [3.05, 3.63) is 60.1 Å². The molecular formula is C15H13NO5. The van der Waals surface area contributed by atoms with Gasteiger partial charge in [-0.15, -0.1) is 0 Å². The summed E-state index contributed by atoms with van der Waals surface area (Å²) in [6.45, 7) is 0. The Morgan fingerprint density at radius 2 is 2.05 bits per heavy atom. The molecule has 0 aliphatic heterocycles. The molecule has 0 atom stereocenters. The fourth-order valence-electron chi connectivity index (χ4n) is 1.54. The molecule has 1 N–H and O–H groups in total. The maximum atomic E-state index is 11.6. The monoisotopic (exact) mass is 287 g/mol. The van der Waals surface area contributed by atoms with Crippen molar-refractivity contribution < 1.29 is 23.9 Å². The van der Waals surface area contributed by atoms with Gasteiger partial charge >= 0.3 is 5.97 Å². The van der Waals surface area contributed by atoms with Gasteiger partial charge in [-0.05, 0) is 47.6 Å². The lowest BCUT2D eigenvalue weighted by Gasteiger charge is -2.05. The molecule has 0 aliphatic rings. The van der Waals surface area contributed by atoms with Crippen LogP contribution in [0.4, 0.5) is 0 Å². The Morgan fingerprint density at radius 3 is 2.62 bits per heavy atom. The number of ether oxygens (including phenoxy) is 2. The van der Waals surface area contributed by atoms with Crippen LogP contribution in [-0.2, 0) is 9.53 Å². The largest absolute Gasteiger partial charge is 0.497 e. The third-order valence-electron chi connectivity index (χ3n) is 2.55. The summed E-state index contributed by atoms with van der Waals surface area (Å²) in [6.07, 6.45) is 4.11. The molecule has 0 saturated carbocycles. The Bertz CT molecular complexity index is 641. The third-order valence-corrected chi connectivity index (χ3v) is 2.55. The van der Waals surface area contributed by atoms with Crippen LogP contribution in [0.1, 0.15) is 11.3 Å². The first kappa shape index (κ1) is 14.4. The molecular weight excluding hydrogens is 274 g/mol. The number of esters is 1. The van der Waals surface area contributed by atoms with Crippen molar-refractivity contribution >= 4 is 17.9 Å². The van der Waals surface area contributed by atoms with Crippen LogP contribution in [0.3, 0.4) is 0 Å². The second-order valence-electron chi connectivity index (χ2n) is 3.90. The van der Waals surface area contributed by atoms with Gasteiger partial charge in [-0.3, -0.25) is 0 Å². The van der Waals surface area contributed by atoms with E-state index in [1.165, 1.54) is 25.5 Å². The molecule has 0 fully saturated rings. The molecule has 1 aromatic heterocycles. The van der Waals surface area contributed by atoms with E-state index in [9.17, 15) is 4.79 Å². The van der Waals surface area contributed by atoms with E-state index in [1.807, 2.05) is 0 Å². The summed E-state index contributed by atoms with van der Waals surface area (Å²) in [7, 11) is 1.54. The molecule has 2 rings (SSSR count). The van der Waals surface area contributed by atoms with Crippen molar-refractivity contribution in [3.63, 3.8) is 0 Å². The van der Waals surface area contributed by atoms with Gasteiger partial charge in [-0.2, -0.15) is 0 Å². The van der Waals surface area contributed by atoms with Gasteiger partial charge < -0.3 is 19.1 Å². The van der Waals surface area contributed by atoms with Gasteiger partial charge in [0.25, 0.3) is 5.90 Å². The summed E-state index contributed by atoms with van der Waals surface area (Å²) >= 11 is 0. The molecule has 21 heavy (non-hydrogen) atoms. The highest BCUT2D eigenvalue weighted by molar-refractivity contribution is 6.03. The SMILES string of the molecule is COc1ccc(/C(=N\O)OC(=O)/C=C/c2ccco2)cc1. The van der Waals surface area contributed by atoms with E-state index >= 15 is 0 Å². The zero-order valence-corrected chi connectivity index (χ0v) is 11.2. The zero-order chi connectivity index (χ0) is 15.1. The van der Waals surface area contributed by atoms with E-state index in [-0.39, 0.29) is 5.90 Å². The minimum absolute atomic E-state index is 0.202. The molecule has 6 heteroatoms. The molecule has 0 amide bonds. The summed E-state index contributed by atoms with van der Waals surface area (Å²) in [5.41, 5.74) is 0.443. The molecule has 0 unspecified atom stereocenters. The highest BCUT2D eigenvalue weighted by Gasteiger charge is 2.10. The van der Waals surface area contributed by atoms with Crippen LogP contribution in [0.15, 0.2) is 58.3 Å². The second-order valence-corrected chi connectivity index (χ2v) is 3.90. The lowest BCUT2D eigenvalue weighted by Crippen LogP contribution is -2.11. The Kier molecular flexibility index (Phi) is 4.76. The van der Waals surface area contributed by atoms with Crippen LogP contribution in [0.2, 0.25) is 0 Å². The van der Waals surface area contributed by atoms with Crippen molar-refractivity contribution in [2.45, 2.75) is 0 Å². The maximum Gasteiger partial charge on any atom is 0.337 e. The predicted molar refractivity (Wildman–Crippen MR) is 75.2 cm³/mol. The molecule has 0 bridgehead atoms. The van der Waals surface area contributed by atoms with Crippen LogP contribution < -0.4 is 4.74 Å². The molecule has 1 heterocycles. The smallest absolute Gasteiger partial charge is 0.337 e. The molecule has 0 saturated heterocycles. The standard InChI is InChI=1S/C15H13NO5/c1-19-12-6-4-11(5-7-12)15(16-18)21-14(17)9-8-13-3-2-10-20-13/h2-10,18H,1H3/b9-8+,16-15+. The summed E-state index contributed by atoms with van der Waals surface area (Å²) in [4.78, 5) is 11.6. The number of nitrogens with zero attached hydrogens (tertiary/aromatic N) is 1. The van der Waals surface area contributed by atoms with E-state index in [0.29, 0.717) is 17.1 Å². The van der Waals surface area contributed by atoms with Crippen LogP contribution >= 0.6 is 0 Å². The summed E-state index contributed by atoms with van der Waals surface area (Å²) in [5, 5.41) is 11.9. The lowest BCUT2D eigenvalue weighted by atomic mass is 10.2. The second kappa shape index (κ2) is 6.95. The quantitative estimate of drug-likeness (QED) is 0.233. The number of benzene rings is 1.